The molecule has 3 aromatic carbocycles. The smallest absolute Gasteiger partial charge is 0.340 e. The van der Waals surface area contributed by atoms with Gasteiger partial charge in [0.2, 0.25) is 0 Å². The topological polar surface area (TPSA) is 218 Å². The van der Waals surface area contributed by atoms with Crippen molar-refractivity contribution in [2.24, 2.45) is 5.84 Å². The van der Waals surface area contributed by atoms with Crippen molar-refractivity contribution in [3.05, 3.63) is 110 Å². The number of halogens is 3. The fraction of sp³-hybridized carbons (Fsp3) is 0.209. The molecule has 3 aliphatic heterocycles. The van der Waals surface area contributed by atoms with Crippen molar-refractivity contribution in [1.82, 2.24) is 24.4 Å². The fourth-order valence-corrected chi connectivity index (χ4v) is 9.67. The number of carbonyl (C=O) groups is 2. The van der Waals surface area contributed by atoms with Crippen LogP contribution in [0.2, 0.25) is 5.02 Å². The zero-order chi connectivity index (χ0) is 43.5. The number of nitrogen functional groups attached to an aromatic ring is 2. The second-order valence-corrected chi connectivity index (χ2v) is 16.7. The highest BCUT2D eigenvalue weighted by Gasteiger charge is 2.38. The number of rotatable bonds is 8. The number of pyridine rings is 3. The summed E-state index contributed by atoms with van der Waals surface area (Å²) in [5.41, 5.74) is 16.9. The van der Waals surface area contributed by atoms with Gasteiger partial charge in [-0.25, -0.2) is 29.4 Å². The Morgan fingerprint density at radius 3 is 2.66 bits per heavy atom. The van der Waals surface area contributed by atoms with E-state index in [0.29, 0.717) is 29.1 Å². The Hall–Kier alpha value is -6.73. The van der Waals surface area contributed by atoms with Crippen molar-refractivity contribution in [2.75, 3.05) is 36.2 Å². The van der Waals surface area contributed by atoms with Crippen LogP contribution in [-0.4, -0.2) is 67.1 Å². The molecule has 1 amide bonds. The number of aryl methyl sites for hydroxylation is 1. The number of likely N-dealkylation sites (tertiary alicyclic amines) is 1. The van der Waals surface area contributed by atoms with Crippen molar-refractivity contribution in [3.63, 3.8) is 0 Å². The van der Waals surface area contributed by atoms with Gasteiger partial charge in [-0.1, -0.05) is 36.4 Å². The van der Waals surface area contributed by atoms with Crippen LogP contribution in [0.15, 0.2) is 65.6 Å². The molecule has 0 spiro atoms. The van der Waals surface area contributed by atoms with E-state index in [0.717, 1.165) is 27.8 Å². The van der Waals surface area contributed by atoms with Gasteiger partial charge in [0, 0.05) is 51.7 Å². The molecular formula is C43H34ClF2N9O6S. The quantitative estimate of drug-likeness (QED) is 0.0640. The van der Waals surface area contributed by atoms with Crippen LogP contribution in [0.25, 0.3) is 54.5 Å². The number of thiazole rings is 1. The van der Waals surface area contributed by atoms with Crippen molar-refractivity contribution in [3.8, 4) is 28.3 Å². The maximum absolute atomic E-state index is 16.4. The standard InChI is InChI=1S/C43H34ClF2N9O6S/c1-3-20-22-8-19(4-7-30(22)51-34-25(20)14-54-31(34)10-23-26(41(54)58)16-61-42(59)38(23)56)60-15-17(2)40(57)53-12-18(13-53)55(49)37-24-9-27(44)32(33(46)35(24)50-11-29(37)47)21-5-6-28(45)39-36(21)52-43(48)62-39/h4-11,18,38,56H,2-3,12-16,47,49H2,1H3,(H2,48,52). The van der Waals surface area contributed by atoms with Crippen LogP contribution in [0.5, 0.6) is 5.75 Å². The molecule has 7 heterocycles. The molecular weight excluding hydrogens is 844 g/mol. The SMILES string of the molecule is C=C(COc1ccc2nc3c(c(CC)c2c1)Cn1c-3cc2c(c1=O)COC(=O)C2O)C(=O)N1CC(N(N)c2c(N)cnc3c(F)c(-c4ccc(F)c5sc(N)nc45)c(Cl)cc23)C1. The van der Waals surface area contributed by atoms with Gasteiger partial charge in [-0.2, -0.15) is 0 Å². The number of hydrazine groups is 1. The summed E-state index contributed by atoms with van der Waals surface area (Å²) in [4.78, 5) is 53.9. The van der Waals surface area contributed by atoms with Gasteiger partial charge in [-0.3, -0.25) is 14.6 Å². The van der Waals surface area contributed by atoms with E-state index in [-0.39, 0.29) is 115 Å². The lowest BCUT2D eigenvalue weighted by molar-refractivity contribution is -0.157. The Labute approximate surface area is 358 Å². The molecule has 1 fully saturated rings. The summed E-state index contributed by atoms with van der Waals surface area (Å²) in [6.45, 7) is 6.34. The van der Waals surface area contributed by atoms with Crippen LogP contribution in [0.4, 0.5) is 25.3 Å². The van der Waals surface area contributed by atoms with Crippen LogP contribution in [0.1, 0.15) is 35.3 Å². The number of aromatic nitrogens is 4. The number of carbonyl (C=O) groups excluding carboxylic acids is 2. The number of aliphatic hydroxyl groups excluding tert-OH is 1. The Morgan fingerprint density at radius 2 is 1.89 bits per heavy atom. The first-order chi connectivity index (χ1) is 29.7. The lowest BCUT2D eigenvalue weighted by atomic mass is 9.97. The number of amides is 1. The number of cyclic esters (lactones) is 1. The van der Waals surface area contributed by atoms with Crippen molar-refractivity contribution in [2.45, 2.75) is 38.6 Å². The van der Waals surface area contributed by atoms with Gasteiger partial charge in [0.15, 0.2) is 17.1 Å². The molecule has 7 aromatic rings. The molecule has 0 radical (unpaired) electrons. The number of anilines is 3. The average molecular weight is 878 g/mol. The molecule has 7 N–H and O–H groups in total. The summed E-state index contributed by atoms with van der Waals surface area (Å²) >= 11 is 7.65. The van der Waals surface area contributed by atoms with Gasteiger partial charge < -0.3 is 40.5 Å². The number of ether oxygens (including phenoxy) is 2. The van der Waals surface area contributed by atoms with Crippen LogP contribution >= 0.6 is 22.9 Å². The van der Waals surface area contributed by atoms with E-state index in [1.807, 2.05) is 13.0 Å². The maximum atomic E-state index is 16.4. The maximum Gasteiger partial charge on any atom is 0.340 e. The third-order valence-electron chi connectivity index (χ3n) is 11.8. The summed E-state index contributed by atoms with van der Waals surface area (Å²) in [6, 6.07) is 10.7. The number of hydrogen-bond donors (Lipinski definition) is 4. The second kappa shape index (κ2) is 14.4. The normalized spacial score (nSPS) is 15.7. The molecule has 0 aliphatic carbocycles. The summed E-state index contributed by atoms with van der Waals surface area (Å²) < 4.78 is 43.8. The van der Waals surface area contributed by atoms with E-state index >= 15 is 4.39 Å². The fourth-order valence-electron chi connectivity index (χ4n) is 8.61. The van der Waals surface area contributed by atoms with Crippen molar-refractivity contribution in [1.29, 1.82) is 0 Å². The number of esters is 1. The molecule has 4 aromatic heterocycles. The summed E-state index contributed by atoms with van der Waals surface area (Å²) in [5.74, 6) is 4.63. The molecule has 19 heteroatoms. The van der Waals surface area contributed by atoms with Gasteiger partial charge in [0.05, 0.1) is 67.9 Å². The molecule has 10 rings (SSSR count). The van der Waals surface area contributed by atoms with Crippen LogP contribution in [-0.2, 0) is 33.9 Å². The van der Waals surface area contributed by atoms with E-state index < -0.39 is 29.7 Å². The largest absolute Gasteiger partial charge is 0.489 e. The third-order valence-corrected chi connectivity index (χ3v) is 12.9. The molecule has 15 nitrogen and oxygen atoms in total. The van der Waals surface area contributed by atoms with Gasteiger partial charge in [0.25, 0.3) is 11.5 Å². The number of nitrogens with two attached hydrogens (primary N) is 3. The van der Waals surface area contributed by atoms with E-state index in [1.54, 1.807) is 27.7 Å². The molecule has 0 saturated carbocycles. The predicted octanol–water partition coefficient (Wildman–Crippen LogP) is 5.52. The summed E-state index contributed by atoms with van der Waals surface area (Å²) in [5, 5.41) is 13.0. The molecule has 1 atom stereocenters. The number of aliphatic hydroxyl groups is 1. The Balaban J connectivity index is 0.839. The Kier molecular flexibility index (Phi) is 9.18. The zero-order valence-electron chi connectivity index (χ0n) is 32.7. The number of fused-ring (bicyclic) bond motifs is 7. The lowest BCUT2D eigenvalue weighted by Crippen LogP contribution is -2.63. The summed E-state index contributed by atoms with van der Waals surface area (Å²) in [7, 11) is 0. The lowest BCUT2D eigenvalue weighted by Gasteiger charge is -2.44. The molecule has 1 unspecified atom stereocenters. The highest BCUT2D eigenvalue weighted by atomic mass is 35.5. The molecule has 0 bridgehead atoms. The van der Waals surface area contributed by atoms with Crippen molar-refractivity contribution < 1.29 is 33.0 Å². The molecule has 314 valence electrons. The minimum absolute atomic E-state index is 0.00619. The van der Waals surface area contributed by atoms with Gasteiger partial charge in [0.1, 0.15) is 30.3 Å². The number of nitrogens with zero attached hydrogens (tertiary/aromatic N) is 6. The second-order valence-electron chi connectivity index (χ2n) is 15.3. The first-order valence-electron chi connectivity index (χ1n) is 19.4. The highest BCUT2D eigenvalue weighted by Crippen LogP contribution is 2.44. The van der Waals surface area contributed by atoms with Crippen molar-refractivity contribution >= 4 is 83.3 Å². The molecule has 1 saturated heterocycles. The third kappa shape index (κ3) is 5.96. The number of benzene rings is 3. The minimum Gasteiger partial charge on any atom is -0.489 e. The van der Waals surface area contributed by atoms with E-state index in [2.05, 4.69) is 16.5 Å². The van der Waals surface area contributed by atoms with E-state index in [4.69, 9.17) is 43.4 Å². The Morgan fingerprint density at radius 1 is 1.10 bits per heavy atom. The van der Waals surface area contributed by atoms with Crippen LogP contribution < -0.4 is 32.6 Å². The zero-order valence-corrected chi connectivity index (χ0v) is 34.2. The number of hydrogen-bond acceptors (Lipinski definition) is 14. The predicted molar refractivity (Wildman–Crippen MR) is 230 cm³/mol. The molecule has 62 heavy (non-hydrogen) atoms. The first kappa shape index (κ1) is 39.4. The summed E-state index contributed by atoms with van der Waals surface area (Å²) in [6.07, 6.45) is 0.358. The van der Waals surface area contributed by atoms with Crippen LogP contribution in [0, 0.1) is 11.6 Å². The monoisotopic (exact) mass is 877 g/mol. The van der Waals surface area contributed by atoms with E-state index in [9.17, 15) is 23.9 Å². The Bertz CT molecular complexity index is 3230. The average Bonchev–Trinajstić information content (AvgIpc) is 3.81. The van der Waals surface area contributed by atoms with Gasteiger partial charge in [-0.05, 0) is 54.4 Å². The molecule has 3 aliphatic rings. The van der Waals surface area contributed by atoms with Gasteiger partial charge in [-0.15, -0.1) is 0 Å². The highest BCUT2D eigenvalue weighted by molar-refractivity contribution is 7.22. The first-order valence-corrected chi connectivity index (χ1v) is 20.5. The van der Waals surface area contributed by atoms with Crippen LogP contribution in [0.3, 0.4) is 0 Å². The minimum atomic E-state index is -1.55. The van der Waals surface area contributed by atoms with E-state index in [1.165, 1.54) is 29.4 Å². The van der Waals surface area contributed by atoms with Gasteiger partial charge >= 0.3 is 5.97 Å².